The van der Waals surface area contributed by atoms with Crippen molar-refractivity contribution in [2.24, 2.45) is 11.8 Å². The van der Waals surface area contributed by atoms with Crippen molar-refractivity contribution in [1.82, 2.24) is 24.6 Å². The maximum Gasteiger partial charge on any atom is 0.138 e. The number of likely N-dealkylation sites (tertiary alicyclic amines) is 1. The largest absolute Gasteiger partial charge is 0.371 e. The van der Waals surface area contributed by atoms with Gasteiger partial charge in [0.2, 0.25) is 0 Å². The average Bonchev–Trinajstić information content (AvgIpc) is 3.26. The van der Waals surface area contributed by atoms with Crippen LogP contribution in [-0.2, 0) is 13.0 Å². The van der Waals surface area contributed by atoms with Crippen LogP contribution in [0.4, 0.5) is 5.82 Å². The third-order valence-electron chi connectivity index (χ3n) is 7.73. The normalized spacial score (nSPS) is 25.9. The first-order valence-corrected chi connectivity index (χ1v) is 12.4. The number of hydrogen-bond acceptors (Lipinski definition) is 5. The summed E-state index contributed by atoms with van der Waals surface area (Å²) in [6.45, 7) is 5.31. The van der Waals surface area contributed by atoms with E-state index in [-0.39, 0.29) is 0 Å². The van der Waals surface area contributed by atoms with Gasteiger partial charge in [-0.15, -0.1) is 0 Å². The van der Waals surface area contributed by atoms with Crippen LogP contribution in [0.25, 0.3) is 5.65 Å². The van der Waals surface area contributed by atoms with E-state index in [1.807, 2.05) is 6.20 Å². The van der Waals surface area contributed by atoms with Gasteiger partial charge in [-0.2, -0.15) is 0 Å². The molecule has 3 aromatic heterocycles. The first kappa shape index (κ1) is 20.2. The Morgan fingerprint density at radius 3 is 3.03 bits per heavy atom. The summed E-state index contributed by atoms with van der Waals surface area (Å²) in [6, 6.07) is 11.2. The molecule has 2 aliphatic heterocycles. The van der Waals surface area contributed by atoms with E-state index in [1.54, 1.807) is 0 Å². The number of nitrogens with one attached hydrogen (secondary N) is 2. The predicted molar refractivity (Wildman–Crippen MR) is 128 cm³/mol. The molecule has 0 saturated carbocycles. The van der Waals surface area contributed by atoms with Crippen LogP contribution in [0.5, 0.6) is 0 Å². The molecule has 1 aliphatic carbocycles. The summed E-state index contributed by atoms with van der Waals surface area (Å²) in [5.74, 6) is 2.57. The number of nitrogens with zero attached hydrogens (tertiary/aromatic N) is 4. The number of imidazole rings is 1. The Kier molecular flexibility index (Phi) is 5.57. The lowest BCUT2D eigenvalue weighted by Gasteiger charge is -2.44. The summed E-state index contributed by atoms with van der Waals surface area (Å²) in [6.07, 6.45) is 11.9. The van der Waals surface area contributed by atoms with E-state index < -0.39 is 0 Å². The Morgan fingerprint density at radius 1 is 1.09 bits per heavy atom. The summed E-state index contributed by atoms with van der Waals surface area (Å²) in [7, 11) is 0. The SMILES string of the molecule is c1cnc2c(c1)CC[C@@H]1CCCN(Cc3cn4c(NCC5CCCNC5)cccc4n3)[C@H]21. The quantitative estimate of drug-likeness (QED) is 0.640. The van der Waals surface area contributed by atoms with Crippen molar-refractivity contribution >= 4 is 11.5 Å². The second-order valence-electron chi connectivity index (χ2n) is 9.87. The van der Waals surface area contributed by atoms with Crippen molar-refractivity contribution in [3.8, 4) is 0 Å². The molecule has 2 N–H and O–H groups in total. The molecule has 0 amide bonds. The molecule has 3 atom stereocenters. The van der Waals surface area contributed by atoms with E-state index in [4.69, 9.17) is 9.97 Å². The molecule has 2 fully saturated rings. The Labute approximate surface area is 190 Å². The van der Waals surface area contributed by atoms with Crippen LogP contribution in [0.3, 0.4) is 0 Å². The number of aromatic nitrogens is 3. The highest BCUT2D eigenvalue weighted by Crippen LogP contribution is 2.43. The van der Waals surface area contributed by atoms with E-state index in [1.165, 1.54) is 49.8 Å². The van der Waals surface area contributed by atoms with Gasteiger partial charge in [-0.1, -0.05) is 12.1 Å². The van der Waals surface area contributed by atoms with E-state index in [0.717, 1.165) is 55.8 Å². The smallest absolute Gasteiger partial charge is 0.138 e. The van der Waals surface area contributed by atoms with E-state index >= 15 is 0 Å². The summed E-state index contributed by atoms with van der Waals surface area (Å²) < 4.78 is 2.24. The van der Waals surface area contributed by atoms with Crippen molar-refractivity contribution in [2.75, 3.05) is 31.5 Å². The first-order chi connectivity index (χ1) is 15.8. The van der Waals surface area contributed by atoms with Crippen LogP contribution < -0.4 is 10.6 Å². The van der Waals surface area contributed by atoms with Crippen LogP contribution in [0.1, 0.15) is 55.1 Å². The lowest BCUT2D eigenvalue weighted by molar-refractivity contribution is 0.0687. The van der Waals surface area contributed by atoms with Gasteiger partial charge in [0.15, 0.2) is 0 Å². The zero-order valence-corrected chi connectivity index (χ0v) is 18.8. The Morgan fingerprint density at radius 2 is 2.09 bits per heavy atom. The monoisotopic (exact) mass is 430 g/mol. The summed E-state index contributed by atoms with van der Waals surface area (Å²) in [4.78, 5) is 12.5. The molecule has 0 radical (unpaired) electrons. The van der Waals surface area contributed by atoms with E-state index in [9.17, 15) is 0 Å². The van der Waals surface area contributed by atoms with Gasteiger partial charge in [0.05, 0.1) is 17.4 Å². The van der Waals surface area contributed by atoms with Gasteiger partial charge in [0.1, 0.15) is 11.5 Å². The van der Waals surface area contributed by atoms with Gasteiger partial charge < -0.3 is 10.6 Å². The predicted octanol–water partition coefficient (Wildman–Crippen LogP) is 4.04. The number of piperidine rings is 2. The molecular weight excluding hydrogens is 396 g/mol. The highest BCUT2D eigenvalue weighted by molar-refractivity contribution is 5.51. The molecule has 3 aromatic rings. The minimum absolute atomic E-state index is 0.440. The van der Waals surface area contributed by atoms with Crippen molar-refractivity contribution in [2.45, 2.75) is 51.1 Å². The highest BCUT2D eigenvalue weighted by atomic mass is 15.2. The molecule has 6 nitrogen and oxygen atoms in total. The van der Waals surface area contributed by atoms with Crippen LogP contribution in [0.15, 0.2) is 42.7 Å². The molecule has 168 valence electrons. The molecule has 6 rings (SSSR count). The number of rotatable bonds is 5. The topological polar surface area (TPSA) is 57.5 Å². The third kappa shape index (κ3) is 3.90. The third-order valence-corrected chi connectivity index (χ3v) is 7.73. The van der Waals surface area contributed by atoms with Crippen LogP contribution in [-0.4, -0.2) is 45.4 Å². The standard InChI is InChI=1S/C26H34N6/c1-8-23(29-16-19-5-2-12-27-15-19)32-18-22(30-24(32)9-1)17-31-14-4-7-21-11-10-20-6-3-13-28-25(20)26(21)31/h1,3,6,8-9,13,18-19,21,26-27,29H,2,4-5,7,10-12,14-17H2/t19?,21-,26-/m0/s1. The number of fused-ring (bicyclic) bond motifs is 4. The molecule has 32 heavy (non-hydrogen) atoms. The molecular formula is C26H34N6. The lowest BCUT2D eigenvalue weighted by Crippen LogP contribution is -2.41. The van der Waals surface area contributed by atoms with Gasteiger partial charge in [-0.05, 0) is 93.8 Å². The van der Waals surface area contributed by atoms with Gasteiger partial charge in [-0.25, -0.2) is 4.98 Å². The zero-order valence-electron chi connectivity index (χ0n) is 18.8. The number of pyridine rings is 2. The fourth-order valence-corrected chi connectivity index (χ4v) is 6.13. The van der Waals surface area contributed by atoms with Crippen LogP contribution in [0, 0.1) is 11.8 Å². The molecule has 2 saturated heterocycles. The second-order valence-corrected chi connectivity index (χ2v) is 9.87. The highest BCUT2D eigenvalue weighted by Gasteiger charge is 2.37. The summed E-state index contributed by atoms with van der Waals surface area (Å²) in [5, 5.41) is 7.21. The van der Waals surface area contributed by atoms with E-state index in [0.29, 0.717) is 12.0 Å². The molecule has 6 heteroatoms. The maximum atomic E-state index is 5.00. The van der Waals surface area contributed by atoms with Crippen molar-refractivity contribution < 1.29 is 0 Å². The Bertz CT molecular complexity index is 1070. The number of hydrogen-bond donors (Lipinski definition) is 2. The minimum Gasteiger partial charge on any atom is -0.371 e. The van der Waals surface area contributed by atoms with Gasteiger partial charge in [0, 0.05) is 25.5 Å². The Balaban J connectivity index is 1.22. The zero-order chi connectivity index (χ0) is 21.3. The fourth-order valence-electron chi connectivity index (χ4n) is 6.13. The van der Waals surface area contributed by atoms with Gasteiger partial charge >= 0.3 is 0 Å². The number of aryl methyl sites for hydroxylation is 1. The van der Waals surface area contributed by atoms with Crippen LogP contribution in [0.2, 0.25) is 0 Å². The lowest BCUT2D eigenvalue weighted by atomic mass is 9.77. The second kappa shape index (κ2) is 8.83. The van der Waals surface area contributed by atoms with Crippen molar-refractivity contribution in [3.05, 3.63) is 59.7 Å². The molecule has 0 aromatic carbocycles. The van der Waals surface area contributed by atoms with E-state index in [2.05, 4.69) is 56.5 Å². The van der Waals surface area contributed by atoms with Crippen molar-refractivity contribution in [1.29, 1.82) is 0 Å². The maximum absolute atomic E-state index is 5.00. The molecule has 1 unspecified atom stereocenters. The first-order valence-electron chi connectivity index (χ1n) is 12.4. The van der Waals surface area contributed by atoms with Gasteiger partial charge in [0.25, 0.3) is 0 Å². The fraction of sp³-hybridized carbons (Fsp3) is 0.538. The average molecular weight is 431 g/mol. The summed E-state index contributed by atoms with van der Waals surface area (Å²) in [5.41, 5.74) is 4.94. The van der Waals surface area contributed by atoms with Crippen molar-refractivity contribution in [3.63, 3.8) is 0 Å². The number of anilines is 1. The molecule has 3 aliphatic rings. The molecule has 0 bridgehead atoms. The van der Waals surface area contributed by atoms with Gasteiger partial charge in [-0.3, -0.25) is 14.3 Å². The molecule has 0 spiro atoms. The summed E-state index contributed by atoms with van der Waals surface area (Å²) >= 11 is 0. The van der Waals surface area contributed by atoms with Crippen LogP contribution >= 0.6 is 0 Å². The molecule has 5 heterocycles. The Hall–Kier alpha value is -2.44. The minimum atomic E-state index is 0.440.